The molecule has 1 amide bonds. The van der Waals surface area contributed by atoms with E-state index in [-0.39, 0.29) is 18.0 Å². The molecule has 0 atom stereocenters. The number of fused-ring (bicyclic) bond motifs is 1. The number of ether oxygens (including phenoxy) is 1. The zero-order chi connectivity index (χ0) is 20.2. The van der Waals surface area contributed by atoms with Gasteiger partial charge in [0.05, 0.1) is 30.4 Å². The van der Waals surface area contributed by atoms with E-state index < -0.39 is 0 Å². The van der Waals surface area contributed by atoms with Gasteiger partial charge in [0.1, 0.15) is 12.4 Å². The van der Waals surface area contributed by atoms with E-state index in [1.54, 1.807) is 12.3 Å². The van der Waals surface area contributed by atoms with Crippen molar-refractivity contribution in [3.8, 4) is 0 Å². The van der Waals surface area contributed by atoms with Crippen LogP contribution in [0.3, 0.4) is 0 Å². The first-order valence-electron chi connectivity index (χ1n) is 9.61. The van der Waals surface area contributed by atoms with Gasteiger partial charge in [0.2, 0.25) is 5.91 Å². The molecule has 0 aliphatic carbocycles. The minimum Gasteiger partial charge on any atom is -0.378 e. The summed E-state index contributed by atoms with van der Waals surface area (Å²) in [6.07, 6.45) is 3.18. The van der Waals surface area contributed by atoms with Gasteiger partial charge in [-0.15, -0.1) is 0 Å². The van der Waals surface area contributed by atoms with Crippen LogP contribution in [0, 0.1) is 6.92 Å². The van der Waals surface area contributed by atoms with E-state index >= 15 is 0 Å². The maximum Gasteiger partial charge on any atom is 0.261 e. The van der Waals surface area contributed by atoms with Gasteiger partial charge in [0, 0.05) is 31.4 Å². The number of benzene rings is 1. The van der Waals surface area contributed by atoms with Crippen LogP contribution in [0.25, 0.3) is 10.9 Å². The Morgan fingerprint density at radius 1 is 1.17 bits per heavy atom. The number of nitrogens with one attached hydrogen (secondary N) is 1. The van der Waals surface area contributed by atoms with Crippen molar-refractivity contribution in [1.82, 2.24) is 19.9 Å². The molecule has 2 aromatic heterocycles. The Hall–Kier alpha value is -3.26. The molecule has 1 saturated heterocycles. The SMILES string of the molecule is Cc1cccc2c(=O)n(CC(=O)NCc3cccnc3N3CCOCC3)cnc12. The predicted molar refractivity (Wildman–Crippen MR) is 110 cm³/mol. The van der Waals surface area contributed by atoms with Gasteiger partial charge in [0.15, 0.2) is 0 Å². The Labute approximate surface area is 168 Å². The van der Waals surface area contributed by atoms with Crippen molar-refractivity contribution in [2.45, 2.75) is 20.0 Å². The molecule has 0 radical (unpaired) electrons. The van der Waals surface area contributed by atoms with Gasteiger partial charge in [-0.2, -0.15) is 0 Å². The number of amides is 1. The summed E-state index contributed by atoms with van der Waals surface area (Å²) in [7, 11) is 0. The van der Waals surface area contributed by atoms with Gasteiger partial charge in [-0.25, -0.2) is 9.97 Å². The minimum absolute atomic E-state index is 0.0805. The fourth-order valence-electron chi connectivity index (χ4n) is 3.48. The van der Waals surface area contributed by atoms with Crippen LogP contribution in [-0.2, 0) is 22.6 Å². The van der Waals surface area contributed by atoms with Crippen LogP contribution in [0.15, 0.2) is 47.7 Å². The highest BCUT2D eigenvalue weighted by molar-refractivity contribution is 5.81. The van der Waals surface area contributed by atoms with Crippen LogP contribution in [0.2, 0.25) is 0 Å². The van der Waals surface area contributed by atoms with Gasteiger partial charge in [-0.3, -0.25) is 14.2 Å². The molecule has 0 saturated carbocycles. The van der Waals surface area contributed by atoms with Crippen molar-refractivity contribution in [2.75, 3.05) is 31.2 Å². The van der Waals surface area contributed by atoms with Gasteiger partial charge in [-0.05, 0) is 24.6 Å². The number of aromatic nitrogens is 3. The summed E-state index contributed by atoms with van der Waals surface area (Å²) < 4.78 is 6.73. The molecule has 150 valence electrons. The molecule has 0 unspecified atom stereocenters. The Morgan fingerprint density at radius 2 is 2.00 bits per heavy atom. The highest BCUT2D eigenvalue weighted by Crippen LogP contribution is 2.18. The normalized spacial score (nSPS) is 14.2. The van der Waals surface area contributed by atoms with Crippen LogP contribution in [-0.4, -0.2) is 46.7 Å². The van der Waals surface area contributed by atoms with Gasteiger partial charge in [-0.1, -0.05) is 18.2 Å². The molecule has 8 heteroatoms. The molecule has 1 aliphatic heterocycles. The molecule has 4 rings (SSSR count). The second-order valence-electron chi connectivity index (χ2n) is 7.01. The summed E-state index contributed by atoms with van der Waals surface area (Å²) in [6, 6.07) is 9.26. The number of carbonyl (C=O) groups is 1. The highest BCUT2D eigenvalue weighted by Gasteiger charge is 2.16. The van der Waals surface area contributed by atoms with Crippen LogP contribution in [0.4, 0.5) is 5.82 Å². The van der Waals surface area contributed by atoms with Gasteiger partial charge >= 0.3 is 0 Å². The lowest BCUT2D eigenvalue weighted by Gasteiger charge is -2.29. The van der Waals surface area contributed by atoms with E-state index in [0.29, 0.717) is 30.7 Å². The van der Waals surface area contributed by atoms with Crippen LogP contribution in [0.1, 0.15) is 11.1 Å². The molecule has 1 aliphatic rings. The molecule has 0 spiro atoms. The molecule has 1 fully saturated rings. The molecule has 0 bridgehead atoms. The molecule has 3 heterocycles. The molecule has 1 aromatic carbocycles. The smallest absolute Gasteiger partial charge is 0.261 e. The van der Waals surface area contributed by atoms with Crippen molar-refractivity contribution < 1.29 is 9.53 Å². The highest BCUT2D eigenvalue weighted by atomic mass is 16.5. The second-order valence-corrected chi connectivity index (χ2v) is 7.01. The average molecular weight is 393 g/mol. The number of hydrogen-bond donors (Lipinski definition) is 1. The summed E-state index contributed by atoms with van der Waals surface area (Å²) in [4.78, 5) is 36.1. The summed E-state index contributed by atoms with van der Waals surface area (Å²) in [6.45, 7) is 5.05. The van der Waals surface area contributed by atoms with Crippen LogP contribution < -0.4 is 15.8 Å². The largest absolute Gasteiger partial charge is 0.378 e. The van der Waals surface area contributed by atoms with Crippen molar-refractivity contribution in [3.05, 3.63) is 64.3 Å². The monoisotopic (exact) mass is 393 g/mol. The van der Waals surface area contributed by atoms with Crippen LogP contribution >= 0.6 is 0 Å². The minimum atomic E-state index is -0.252. The maximum atomic E-state index is 12.7. The number of nitrogens with zero attached hydrogens (tertiary/aromatic N) is 4. The third-order valence-electron chi connectivity index (χ3n) is 5.02. The summed E-state index contributed by atoms with van der Waals surface area (Å²) in [5.41, 5.74) is 2.31. The topological polar surface area (TPSA) is 89.4 Å². The summed E-state index contributed by atoms with van der Waals surface area (Å²) >= 11 is 0. The lowest BCUT2D eigenvalue weighted by atomic mass is 10.1. The third-order valence-corrected chi connectivity index (χ3v) is 5.02. The Morgan fingerprint density at radius 3 is 2.83 bits per heavy atom. The first-order chi connectivity index (χ1) is 14.1. The van der Waals surface area contributed by atoms with Crippen molar-refractivity contribution in [1.29, 1.82) is 0 Å². The molecular weight excluding hydrogens is 370 g/mol. The third kappa shape index (κ3) is 4.12. The first-order valence-corrected chi connectivity index (χ1v) is 9.61. The molecular formula is C21H23N5O3. The van der Waals surface area contributed by atoms with Crippen molar-refractivity contribution in [3.63, 3.8) is 0 Å². The fourth-order valence-corrected chi connectivity index (χ4v) is 3.48. The lowest BCUT2D eigenvalue weighted by molar-refractivity contribution is -0.121. The average Bonchev–Trinajstić information content (AvgIpc) is 2.75. The Bertz CT molecular complexity index is 1090. The first kappa shape index (κ1) is 19.1. The van der Waals surface area contributed by atoms with E-state index in [2.05, 4.69) is 20.2 Å². The van der Waals surface area contributed by atoms with E-state index in [0.717, 1.165) is 30.0 Å². The summed E-state index contributed by atoms with van der Waals surface area (Å²) in [5.74, 6) is 0.605. The van der Waals surface area contributed by atoms with Crippen molar-refractivity contribution in [2.24, 2.45) is 0 Å². The number of carbonyl (C=O) groups excluding carboxylic acids is 1. The van der Waals surface area contributed by atoms with Crippen LogP contribution in [0.5, 0.6) is 0 Å². The molecule has 8 nitrogen and oxygen atoms in total. The zero-order valence-electron chi connectivity index (χ0n) is 16.3. The Balaban J connectivity index is 1.46. The van der Waals surface area contributed by atoms with E-state index in [4.69, 9.17) is 4.74 Å². The lowest BCUT2D eigenvalue weighted by Crippen LogP contribution is -2.38. The maximum absolute atomic E-state index is 12.7. The summed E-state index contributed by atoms with van der Waals surface area (Å²) in [5, 5.41) is 3.41. The van der Waals surface area contributed by atoms with Gasteiger partial charge in [0.25, 0.3) is 5.56 Å². The molecule has 3 aromatic rings. The number of para-hydroxylation sites is 1. The van der Waals surface area contributed by atoms with Gasteiger partial charge < -0.3 is 15.0 Å². The number of morpholine rings is 1. The van der Waals surface area contributed by atoms with Crippen molar-refractivity contribution >= 4 is 22.6 Å². The number of aryl methyl sites for hydroxylation is 1. The fraction of sp³-hybridized carbons (Fsp3) is 0.333. The Kier molecular flexibility index (Phi) is 5.53. The van der Waals surface area contributed by atoms with E-state index in [1.165, 1.54) is 10.9 Å². The van der Waals surface area contributed by atoms with E-state index in [1.807, 2.05) is 31.2 Å². The zero-order valence-corrected chi connectivity index (χ0v) is 16.3. The van der Waals surface area contributed by atoms with E-state index in [9.17, 15) is 9.59 Å². The number of hydrogen-bond acceptors (Lipinski definition) is 6. The standard InChI is InChI=1S/C21H23N5O3/c1-15-4-2-6-17-19(15)24-14-26(21(17)28)13-18(27)23-12-16-5-3-7-22-20(16)25-8-10-29-11-9-25/h2-7,14H,8-13H2,1H3,(H,23,27). The molecule has 29 heavy (non-hydrogen) atoms. The number of anilines is 1. The second kappa shape index (κ2) is 8.40. The predicted octanol–water partition coefficient (Wildman–Crippen LogP) is 1.25. The number of rotatable bonds is 5. The quantitative estimate of drug-likeness (QED) is 0.702. The number of pyridine rings is 1. The molecule has 1 N–H and O–H groups in total.